The van der Waals surface area contributed by atoms with Gasteiger partial charge >= 0.3 is 0 Å². The quantitative estimate of drug-likeness (QED) is 0.740. The first-order valence-electron chi connectivity index (χ1n) is 9.93. The molecule has 2 aromatic rings. The molecule has 0 unspecified atom stereocenters. The van der Waals surface area contributed by atoms with Crippen LogP contribution < -0.4 is 5.32 Å². The smallest absolute Gasteiger partial charge is 0.243 e. The number of benzene rings is 1. The molecule has 1 fully saturated rings. The lowest BCUT2D eigenvalue weighted by Crippen LogP contribution is -2.48. The number of amides is 1. The molecule has 1 N–H and O–H groups in total. The maximum Gasteiger partial charge on any atom is 0.243 e. The Bertz CT molecular complexity index is 962. The second-order valence-electron chi connectivity index (χ2n) is 7.31. The zero-order valence-corrected chi connectivity index (χ0v) is 18.1. The van der Waals surface area contributed by atoms with Crippen molar-refractivity contribution >= 4 is 21.6 Å². The summed E-state index contributed by atoms with van der Waals surface area (Å²) >= 11 is 0. The minimum Gasteiger partial charge on any atom is -0.326 e. The highest BCUT2D eigenvalue weighted by atomic mass is 32.2. The minimum absolute atomic E-state index is 0.177. The van der Waals surface area contributed by atoms with E-state index in [1.165, 1.54) is 10.4 Å². The van der Waals surface area contributed by atoms with Gasteiger partial charge in [0.1, 0.15) is 0 Å². The number of rotatable bonds is 7. The number of hydrogen-bond acceptors (Lipinski definition) is 5. The molecule has 8 nitrogen and oxygen atoms in total. The van der Waals surface area contributed by atoms with E-state index in [1.807, 2.05) is 19.9 Å². The number of anilines is 1. The van der Waals surface area contributed by atoms with Crippen LogP contribution in [0.25, 0.3) is 0 Å². The van der Waals surface area contributed by atoms with E-state index in [1.54, 1.807) is 22.9 Å². The third kappa shape index (κ3) is 5.23. The van der Waals surface area contributed by atoms with E-state index < -0.39 is 10.0 Å². The Balaban J connectivity index is 1.63. The van der Waals surface area contributed by atoms with Gasteiger partial charge in [-0.1, -0.05) is 13.0 Å². The number of carbonyl (C=O) groups is 1. The van der Waals surface area contributed by atoms with Crippen LogP contribution in [0.3, 0.4) is 0 Å². The molecule has 0 atom stereocenters. The van der Waals surface area contributed by atoms with Crippen molar-refractivity contribution in [2.45, 2.75) is 38.6 Å². The highest BCUT2D eigenvalue weighted by molar-refractivity contribution is 7.89. The lowest BCUT2D eigenvalue weighted by Gasteiger charge is -2.33. The number of aromatic nitrogens is 2. The first-order chi connectivity index (χ1) is 13.8. The van der Waals surface area contributed by atoms with Crippen LogP contribution in [0, 0.1) is 13.8 Å². The Morgan fingerprint density at radius 2 is 1.86 bits per heavy atom. The van der Waals surface area contributed by atoms with Crippen LogP contribution in [0.4, 0.5) is 5.69 Å². The van der Waals surface area contributed by atoms with Gasteiger partial charge in [-0.25, -0.2) is 8.42 Å². The highest BCUT2D eigenvalue weighted by Crippen LogP contribution is 2.21. The Morgan fingerprint density at radius 3 is 2.48 bits per heavy atom. The molecule has 1 amide bonds. The van der Waals surface area contributed by atoms with Crippen molar-refractivity contribution in [2.24, 2.45) is 0 Å². The van der Waals surface area contributed by atoms with Crippen molar-refractivity contribution in [1.29, 1.82) is 0 Å². The zero-order chi connectivity index (χ0) is 21.0. The Hall–Kier alpha value is -2.23. The van der Waals surface area contributed by atoms with Crippen LogP contribution in [0.2, 0.25) is 0 Å². The average molecular weight is 420 g/mol. The fraction of sp³-hybridized carbons (Fsp3) is 0.500. The van der Waals surface area contributed by atoms with E-state index in [9.17, 15) is 13.2 Å². The monoisotopic (exact) mass is 419 g/mol. The molecule has 1 aromatic carbocycles. The number of nitrogens with one attached hydrogen (secondary N) is 1. The molecule has 3 rings (SSSR count). The molecule has 0 aliphatic carbocycles. The molecule has 1 saturated heterocycles. The predicted octanol–water partition coefficient (Wildman–Crippen LogP) is 1.85. The summed E-state index contributed by atoms with van der Waals surface area (Å²) in [6.45, 7) is 9.77. The molecule has 29 heavy (non-hydrogen) atoms. The summed E-state index contributed by atoms with van der Waals surface area (Å²) in [5, 5.41) is 7.15. The van der Waals surface area contributed by atoms with Gasteiger partial charge in [0.2, 0.25) is 15.9 Å². The molecule has 1 aromatic heterocycles. The number of likely N-dealkylation sites (N-methyl/N-ethyl adjacent to an activating group) is 1. The summed E-state index contributed by atoms with van der Waals surface area (Å²) in [6.07, 6.45) is 0.262. The van der Waals surface area contributed by atoms with Gasteiger partial charge in [-0.05, 0) is 44.7 Å². The summed E-state index contributed by atoms with van der Waals surface area (Å²) in [5.74, 6) is -0.177. The largest absolute Gasteiger partial charge is 0.326 e. The third-order valence-electron chi connectivity index (χ3n) is 5.19. The normalized spacial score (nSPS) is 16.1. The molecule has 158 valence electrons. The molecule has 9 heteroatoms. The Morgan fingerprint density at radius 1 is 1.14 bits per heavy atom. The van der Waals surface area contributed by atoms with Crippen LogP contribution in [0.5, 0.6) is 0 Å². The third-order valence-corrected chi connectivity index (χ3v) is 7.08. The highest BCUT2D eigenvalue weighted by Gasteiger charge is 2.28. The second kappa shape index (κ2) is 9.06. The number of carbonyl (C=O) groups excluding carboxylic acids is 1. The molecule has 0 spiro atoms. The van der Waals surface area contributed by atoms with Crippen LogP contribution in [0.1, 0.15) is 24.7 Å². The van der Waals surface area contributed by atoms with Gasteiger partial charge in [0.25, 0.3) is 0 Å². The van der Waals surface area contributed by atoms with Gasteiger partial charge in [-0.2, -0.15) is 9.40 Å². The summed E-state index contributed by atoms with van der Waals surface area (Å²) in [6, 6.07) is 8.43. The summed E-state index contributed by atoms with van der Waals surface area (Å²) in [7, 11) is -3.57. The van der Waals surface area contributed by atoms with Crippen LogP contribution in [-0.4, -0.2) is 66.0 Å². The maximum atomic E-state index is 13.0. The first kappa shape index (κ1) is 21.5. The van der Waals surface area contributed by atoms with Gasteiger partial charge in [0, 0.05) is 50.5 Å². The van der Waals surface area contributed by atoms with E-state index >= 15 is 0 Å². The average Bonchev–Trinajstić information content (AvgIpc) is 3.03. The van der Waals surface area contributed by atoms with Crippen molar-refractivity contribution < 1.29 is 13.2 Å². The maximum absolute atomic E-state index is 13.0. The van der Waals surface area contributed by atoms with Crippen molar-refractivity contribution in [3.8, 4) is 0 Å². The van der Waals surface area contributed by atoms with Gasteiger partial charge in [0.15, 0.2) is 0 Å². The lowest BCUT2D eigenvalue weighted by molar-refractivity contribution is -0.116. The summed E-state index contributed by atoms with van der Waals surface area (Å²) < 4.78 is 29.2. The number of sulfonamides is 1. The van der Waals surface area contributed by atoms with Gasteiger partial charge in [-0.3, -0.25) is 9.48 Å². The molecular formula is C20H29N5O3S. The van der Waals surface area contributed by atoms with Crippen molar-refractivity contribution in [3.05, 3.63) is 41.7 Å². The fourth-order valence-corrected chi connectivity index (χ4v) is 4.97. The number of nitrogens with zero attached hydrogens (tertiary/aromatic N) is 4. The fourth-order valence-electron chi connectivity index (χ4n) is 3.50. The molecule has 1 aliphatic heterocycles. The summed E-state index contributed by atoms with van der Waals surface area (Å²) in [5.41, 5.74) is 2.41. The van der Waals surface area contributed by atoms with E-state index in [-0.39, 0.29) is 17.2 Å². The molecule has 0 bridgehead atoms. The van der Waals surface area contributed by atoms with E-state index in [4.69, 9.17) is 0 Å². The second-order valence-corrected chi connectivity index (χ2v) is 9.25. The van der Waals surface area contributed by atoms with E-state index in [2.05, 4.69) is 22.2 Å². The number of hydrogen-bond donors (Lipinski definition) is 1. The standard InChI is InChI=1S/C20H29N5O3S/c1-4-23-10-12-24(13-11-23)29(27,28)19-7-5-6-18(15-19)21-20(26)8-9-25-17(3)14-16(2)22-25/h5-7,14-15H,4,8-13H2,1-3H3,(H,21,26). The van der Waals surface area contributed by atoms with Gasteiger partial charge < -0.3 is 10.2 Å². The van der Waals surface area contributed by atoms with Crippen molar-refractivity contribution in [3.63, 3.8) is 0 Å². The minimum atomic E-state index is -3.57. The van der Waals surface area contributed by atoms with Crippen LogP contribution in [0.15, 0.2) is 35.2 Å². The molecule has 0 saturated carbocycles. The lowest BCUT2D eigenvalue weighted by atomic mass is 10.3. The number of piperazine rings is 1. The van der Waals surface area contributed by atoms with E-state index in [0.717, 1.165) is 31.0 Å². The van der Waals surface area contributed by atoms with Gasteiger partial charge in [0.05, 0.1) is 10.6 Å². The Kier molecular flexibility index (Phi) is 6.71. The van der Waals surface area contributed by atoms with Crippen LogP contribution >= 0.6 is 0 Å². The van der Waals surface area contributed by atoms with E-state index in [0.29, 0.717) is 25.3 Å². The predicted molar refractivity (Wildman–Crippen MR) is 112 cm³/mol. The molecule has 0 radical (unpaired) electrons. The molecular weight excluding hydrogens is 390 g/mol. The summed E-state index contributed by atoms with van der Waals surface area (Å²) in [4.78, 5) is 14.8. The number of aryl methyl sites for hydroxylation is 3. The molecule has 1 aliphatic rings. The van der Waals surface area contributed by atoms with Gasteiger partial charge in [-0.15, -0.1) is 0 Å². The van der Waals surface area contributed by atoms with Crippen LogP contribution in [-0.2, 0) is 21.4 Å². The first-order valence-corrected chi connectivity index (χ1v) is 11.4. The zero-order valence-electron chi connectivity index (χ0n) is 17.3. The SMILES string of the molecule is CCN1CCN(S(=O)(=O)c2cccc(NC(=O)CCn3nc(C)cc3C)c2)CC1. The topological polar surface area (TPSA) is 87.5 Å². The Labute approximate surface area is 172 Å². The molecule has 2 heterocycles. The van der Waals surface area contributed by atoms with Crippen molar-refractivity contribution in [2.75, 3.05) is 38.0 Å². The van der Waals surface area contributed by atoms with Crippen molar-refractivity contribution in [1.82, 2.24) is 19.0 Å².